The number of rotatable bonds is 24. The van der Waals surface area contributed by atoms with Crippen LogP contribution in [0.4, 0.5) is 0 Å². The van der Waals surface area contributed by atoms with Gasteiger partial charge in [-0.25, -0.2) is 0 Å². The average Bonchev–Trinajstić information content (AvgIpc) is 3.37. The van der Waals surface area contributed by atoms with E-state index in [1.165, 1.54) is 96.4 Å². The zero-order chi connectivity index (χ0) is 27.2. The summed E-state index contributed by atoms with van der Waals surface area (Å²) < 4.78 is 23.7. The van der Waals surface area contributed by atoms with Gasteiger partial charge in [-0.1, -0.05) is 96.8 Å². The molecule has 0 aliphatic carbocycles. The van der Waals surface area contributed by atoms with Crippen molar-refractivity contribution >= 4 is 5.97 Å². The summed E-state index contributed by atoms with van der Waals surface area (Å²) in [6, 6.07) is 0. The lowest BCUT2D eigenvalue weighted by Gasteiger charge is -2.37. The summed E-state index contributed by atoms with van der Waals surface area (Å²) in [6.45, 7) is 8.27. The highest BCUT2D eigenvalue weighted by Gasteiger charge is 2.27. The van der Waals surface area contributed by atoms with Crippen LogP contribution in [0.5, 0.6) is 0 Å². The summed E-state index contributed by atoms with van der Waals surface area (Å²) in [7, 11) is 2.31. The van der Waals surface area contributed by atoms with Crippen molar-refractivity contribution in [1.29, 1.82) is 0 Å². The number of carbonyl (C=O) groups excluding carboxylic acids is 1. The molecule has 6 heteroatoms. The minimum Gasteiger partial charge on any atom is -0.463 e. The Morgan fingerprint density at radius 1 is 0.763 bits per heavy atom. The van der Waals surface area contributed by atoms with E-state index < -0.39 is 0 Å². The maximum Gasteiger partial charge on any atom is 0.305 e. The molecule has 0 N–H and O–H groups in total. The molecule has 0 radical (unpaired) electrons. The summed E-state index contributed by atoms with van der Waals surface area (Å²) in [5, 5.41) is 0. The van der Waals surface area contributed by atoms with Gasteiger partial charge in [0.15, 0.2) is 6.29 Å². The third-order valence-electron chi connectivity index (χ3n) is 8.42. The number of unbranched alkanes of at least 4 members (excludes halogenated alkanes) is 16. The number of esters is 1. The monoisotopic (exact) mass is 540 g/mol. The molecule has 6 nitrogen and oxygen atoms in total. The number of likely N-dealkylation sites (N-methyl/N-ethyl adjacent to an activating group) is 1. The Bertz CT molecular complexity index is 566. The Morgan fingerprint density at radius 3 is 1.92 bits per heavy atom. The van der Waals surface area contributed by atoms with Crippen molar-refractivity contribution in [3.05, 3.63) is 0 Å². The van der Waals surface area contributed by atoms with Gasteiger partial charge in [-0.05, 0) is 32.1 Å². The van der Waals surface area contributed by atoms with Crippen molar-refractivity contribution in [3.63, 3.8) is 0 Å². The van der Waals surface area contributed by atoms with Crippen LogP contribution in [0.15, 0.2) is 0 Å². The predicted molar refractivity (Wildman–Crippen MR) is 155 cm³/mol. The number of morpholine rings is 1. The second-order valence-corrected chi connectivity index (χ2v) is 12.2. The maximum atomic E-state index is 12.1. The molecule has 2 aliphatic rings. The van der Waals surface area contributed by atoms with Crippen LogP contribution >= 0.6 is 0 Å². The molecule has 0 amide bonds. The summed E-state index contributed by atoms with van der Waals surface area (Å²) in [5.41, 5.74) is 0. The van der Waals surface area contributed by atoms with Gasteiger partial charge >= 0.3 is 5.97 Å². The van der Waals surface area contributed by atoms with E-state index >= 15 is 0 Å². The smallest absolute Gasteiger partial charge is 0.305 e. The molecule has 0 bridgehead atoms. The van der Waals surface area contributed by atoms with Gasteiger partial charge in [0, 0.05) is 6.42 Å². The van der Waals surface area contributed by atoms with E-state index in [0.29, 0.717) is 19.6 Å². The fraction of sp³-hybridized carbons (Fsp3) is 0.969. The van der Waals surface area contributed by atoms with Crippen molar-refractivity contribution in [2.45, 2.75) is 148 Å². The highest BCUT2D eigenvalue weighted by Crippen LogP contribution is 2.19. The average molecular weight is 541 g/mol. The van der Waals surface area contributed by atoms with Gasteiger partial charge < -0.3 is 23.4 Å². The predicted octanol–water partition coefficient (Wildman–Crippen LogP) is 7.57. The van der Waals surface area contributed by atoms with Gasteiger partial charge in [0.25, 0.3) is 0 Å². The topological polar surface area (TPSA) is 54.0 Å². The number of quaternary nitrogens is 1. The zero-order valence-electron chi connectivity index (χ0n) is 25.2. The second kappa shape index (κ2) is 22.1. The molecule has 0 aromatic heterocycles. The molecule has 2 atom stereocenters. The summed E-state index contributed by atoms with van der Waals surface area (Å²) in [6.07, 6.45) is 25.0. The molecule has 2 unspecified atom stereocenters. The van der Waals surface area contributed by atoms with E-state index in [9.17, 15) is 4.79 Å². The first kappa shape index (κ1) is 33.5. The molecule has 2 saturated heterocycles. The van der Waals surface area contributed by atoms with Crippen LogP contribution in [-0.4, -0.2) is 76.0 Å². The van der Waals surface area contributed by atoms with Gasteiger partial charge in [0.05, 0.1) is 33.4 Å². The lowest BCUT2D eigenvalue weighted by Crippen LogP contribution is -2.52. The molecule has 2 aliphatic heterocycles. The Labute approximate surface area is 235 Å². The first-order valence-electron chi connectivity index (χ1n) is 16.5. The van der Waals surface area contributed by atoms with Gasteiger partial charge in [0.2, 0.25) is 0 Å². The number of nitrogens with zero attached hydrogens (tertiary/aromatic N) is 1. The number of carbonyl (C=O) groups is 1. The van der Waals surface area contributed by atoms with Crippen LogP contribution in [0.3, 0.4) is 0 Å². The molecular formula is C32H62NO5+. The van der Waals surface area contributed by atoms with Crippen molar-refractivity contribution < 1.29 is 28.2 Å². The molecule has 2 heterocycles. The van der Waals surface area contributed by atoms with Crippen LogP contribution in [0.25, 0.3) is 0 Å². The molecule has 2 rings (SSSR count). The SMILES string of the molecule is CCCCCCCCCCCCCCCCCC1OCC(COC(=O)CCCCC[N+]2(C)CCOCC2)O1. The minimum atomic E-state index is -0.120. The second-order valence-electron chi connectivity index (χ2n) is 12.2. The molecule has 0 saturated carbocycles. The van der Waals surface area contributed by atoms with Crippen molar-refractivity contribution in [2.75, 3.05) is 53.1 Å². The third-order valence-corrected chi connectivity index (χ3v) is 8.42. The Kier molecular flexibility index (Phi) is 19.4. The lowest BCUT2D eigenvalue weighted by atomic mass is 10.0. The van der Waals surface area contributed by atoms with E-state index in [0.717, 1.165) is 62.9 Å². The Balaban J connectivity index is 1.31. The van der Waals surface area contributed by atoms with E-state index in [-0.39, 0.29) is 18.4 Å². The fourth-order valence-electron chi connectivity index (χ4n) is 5.63. The normalized spacial score (nSPS) is 21.1. The number of ether oxygens (including phenoxy) is 4. The molecule has 2 fully saturated rings. The first-order valence-corrected chi connectivity index (χ1v) is 16.5. The van der Waals surface area contributed by atoms with Crippen molar-refractivity contribution in [1.82, 2.24) is 0 Å². The molecular weight excluding hydrogens is 478 g/mol. The molecule has 0 aromatic rings. The first-order chi connectivity index (χ1) is 18.6. The van der Waals surface area contributed by atoms with Gasteiger partial charge in [-0.2, -0.15) is 0 Å². The standard InChI is InChI=1S/C32H62NO5/c1-3-4-5-6-7-8-9-10-11-12-13-14-15-16-19-22-32-37-29-30(38-32)28-36-31(34)21-18-17-20-23-33(2)24-26-35-27-25-33/h30,32H,3-29H2,1-2H3/q+1. The summed E-state index contributed by atoms with van der Waals surface area (Å²) in [5.74, 6) is -0.105. The molecule has 224 valence electrons. The van der Waals surface area contributed by atoms with Crippen LogP contribution in [-0.2, 0) is 23.7 Å². The third kappa shape index (κ3) is 17.1. The van der Waals surface area contributed by atoms with E-state index in [2.05, 4.69) is 14.0 Å². The van der Waals surface area contributed by atoms with Gasteiger partial charge in [-0.15, -0.1) is 0 Å². The van der Waals surface area contributed by atoms with Crippen LogP contribution in [0.2, 0.25) is 0 Å². The minimum absolute atomic E-state index is 0.105. The fourth-order valence-corrected chi connectivity index (χ4v) is 5.63. The Morgan fingerprint density at radius 2 is 1.32 bits per heavy atom. The lowest BCUT2D eigenvalue weighted by molar-refractivity contribution is -0.917. The van der Waals surface area contributed by atoms with Gasteiger partial charge in [0.1, 0.15) is 25.8 Å². The summed E-state index contributed by atoms with van der Waals surface area (Å²) in [4.78, 5) is 12.1. The zero-order valence-corrected chi connectivity index (χ0v) is 25.2. The number of hydrogen-bond acceptors (Lipinski definition) is 5. The highest BCUT2D eigenvalue weighted by molar-refractivity contribution is 5.69. The quantitative estimate of drug-likeness (QED) is 0.0718. The van der Waals surface area contributed by atoms with E-state index in [1.54, 1.807) is 0 Å². The molecule has 0 spiro atoms. The molecule has 38 heavy (non-hydrogen) atoms. The van der Waals surface area contributed by atoms with Gasteiger partial charge in [-0.3, -0.25) is 4.79 Å². The maximum absolute atomic E-state index is 12.1. The van der Waals surface area contributed by atoms with E-state index in [4.69, 9.17) is 18.9 Å². The van der Waals surface area contributed by atoms with Crippen molar-refractivity contribution in [2.24, 2.45) is 0 Å². The highest BCUT2D eigenvalue weighted by atomic mass is 16.7. The Hall–Kier alpha value is -0.690. The van der Waals surface area contributed by atoms with Crippen LogP contribution < -0.4 is 0 Å². The van der Waals surface area contributed by atoms with E-state index in [1.807, 2.05) is 0 Å². The summed E-state index contributed by atoms with van der Waals surface area (Å²) >= 11 is 0. The molecule has 0 aromatic carbocycles. The van der Waals surface area contributed by atoms with Crippen LogP contribution in [0.1, 0.15) is 135 Å². The number of hydrogen-bond donors (Lipinski definition) is 0. The van der Waals surface area contributed by atoms with Crippen molar-refractivity contribution in [3.8, 4) is 0 Å². The van der Waals surface area contributed by atoms with Crippen LogP contribution in [0, 0.1) is 0 Å². The largest absolute Gasteiger partial charge is 0.463 e.